The van der Waals surface area contributed by atoms with Gasteiger partial charge in [0.25, 0.3) is 5.89 Å². The van der Waals surface area contributed by atoms with Crippen molar-refractivity contribution in [1.82, 2.24) is 15.1 Å². The zero-order chi connectivity index (χ0) is 13.3. The Hall–Kier alpha value is -1.75. The minimum atomic E-state index is -0.419. The summed E-state index contributed by atoms with van der Waals surface area (Å²) in [6, 6.07) is 1.98. The highest BCUT2D eigenvalue weighted by molar-refractivity contribution is 5.52. The first kappa shape index (κ1) is 12.3. The van der Waals surface area contributed by atoms with Crippen molar-refractivity contribution in [2.24, 2.45) is 5.73 Å². The van der Waals surface area contributed by atoms with Gasteiger partial charge in [-0.2, -0.15) is 4.98 Å². The molecule has 5 nitrogen and oxygen atoms in total. The van der Waals surface area contributed by atoms with Gasteiger partial charge in [-0.05, 0) is 31.4 Å². The van der Waals surface area contributed by atoms with Crippen LogP contribution in [0, 0.1) is 6.92 Å². The van der Waals surface area contributed by atoms with E-state index in [0.29, 0.717) is 11.7 Å². The van der Waals surface area contributed by atoms with Crippen LogP contribution in [0.5, 0.6) is 0 Å². The highest BCUT2D eigenvalue weighted by Crippen LogP contribution is 2.33. The summed E-state index contributed by atoms with van der Waals surface area (Å²) in [7, 11) is 0. The topological polar surface area (TPSA) is 77.8 Å². The average Bonchev–Trinajstić information content (AvgIpc) is 2.90. The van der Waals surface area contributed by atoms with Crippen LogP contribution >= 0.6 is 0 Å². The maximum Gasteiger partial charge on any atom is 0.259 e. The molecule has 0 aromatic carbocycles. The molecule has 1 aliphatic carbocycles. The second-order valence-corrected chi connectivity index (χ2v) is 5.39. The van der Waals surface area contributed by atoms with E-state index >= 15 is 0 Å². The summed E-state index contributed by atoms with van der Waals surface area (Å²) < 4.78 is 5.34. The molecule has 0 saturated heterocycles. The SMILES string of the molecule is Cc1cncc(-c2nc(C3(N)CCCCC3)no2)c1. The first-order chi connectivity index (χ1) is 9.17. The van der Waals surface area contributed by atoms with E-state index in [1.165, 1.54) is 6.42 Å². The molecule has 3 rings (SSSR count). The van der Waals surface area contributed by atoms with Crippen molar-refractivity contribution in [2.45, 2.75) is 44.6 Å². The lowest BCUT2D eigenvalue weighted by atomic mass is 9.82. The lowest BCUT2D eigenvalue weighted by Crippen LogP contribution is -2.39. The first-order valence-corrected chi connectivity index (χ1v) is 6.72. The number of nitrogens with two attached hydrogens (primary N) is 1. The van der Waals surface area contributed by atoms with E-state index in [1.807, 2.05) is 13.0 Å². The normalized spacial score (nSPS) is 18.4. The van der Waals surface area contributed by atoms with Gasteiger partial charge >= 0.3 is 0 Å². The minimum absolute atomic E-state index is 0.419. The third-order valence-electron chi connectivity index (χ3n) is 3.74. The number of aryl methyl sites for hydroxylation is 1. The maximum atomic E-state index is 6.40. The van der Waals surface area contributed by atoms with Gasteiger partial charge in [0.05, 0.1) is 11.1 Å². The van der Waals surface area contributed by atoms with Gasteiger partial charge in [0.2, 0.25) is 0 Å². The predicted octanol–water partition coefficient (Wildman–Crippen LogP) is 2.56. The molecule has 0 aliphatic heterocycles. The largest absolute Gasteiger partial charge is 0.334 e. The number of aromatic nitrogens is 3. The van der Waals surface area contributed by atoms with Crippen LogP contribution in [0.4, 0.5) is 0 Å². The molecule has 0 unspecified atom stereocenters. The summed E-state index contributed by atoms with van der Waals surface area (Å²) in [5.74, 6) is 1.13. The summed E-state index contributed by atoms with van der Waals surface area (Å²) in [6.07, 6.45) is 8.89. The van der Waals surface area contributed by atoms with E-state index in [1.54, 1.807) is 12.4 Å². The highest BCUT2D eigenvalue weighted by Gasteiger charge is 2.34. The van der Waals surface area contributed by atoms with Crippen molar-refractivity contribution in [2.75, 3.05) is 0 Å². The van der Waals surface area contributed by atoms with Gasteiger partial charge in [-0.25, -0.2) is 0 Å². The van der Waals surface area contributed by atoms with Crippen LogP contribution in [-0.2, 0) is 5.54 Å². The van der Waals surface area contributed by atoms with E-state index < -0.39 is 5.54 Å². The Kier molecular flexibility index (Phi) is 3.06. The predicted molar refractivity (Wildman–Crippen MR) is 71.2 cm³/mol. The van der Waals surface area contributed by atoms with Crippen LogP contribution in [0.2, 0.25) is 0 Å². The molecule has 0 amide bonds. The Morgan fingerprint density at radius 3 is 2.74 bits per heavy atom. The van der Waals surface area contributed by atoms with E-state index in [4.69, 9.17) is 10.3 Å². The summed E-state index contributed by atoms with van der Waals surface area (Å²) in [5.41, 5.74) is 7.89. The van der Waals surface area contributed by atoms with Gasteiger partial charge in [-0.1, -0.05) is 24.4 Å². The smallest absolute Gasteiger partial charge is 0.259 e. The molecular weight excluding hydrogens is 240 g/mol. The Morgan fingerprint density at radius 2 is 2.00 bits per heavy atom. The van der Waals surface area contributed by atoms with E-state index in [0.717, 1.165) is 36.8 Å². The van der Waals surface area contributed by atoms with Crippen molar-refractivity contribution >= 4 is 0 Å². The number of rotatable bonds is 2. The molecule has 19 heavy (non-hydrogen) atoms. The second-order valence-electron chi connectivity index (χ2n) is 5.39. The molecule has 0 radical (unpaired) electrons. The molecule has 2 N–H and O–H groups in total. The molecule has 0 bridgehead atoms. The third-order valence-corrected chi connectivity index (χ3v) is 3.74. The van der Waals surface area contributed by atoms with Gasteiger partial charge in [0.15, 0.2) is 5.82 Å². The standard InChI is InChI=1S/C14H18N4O/c1-10-7-11(9-16-8-10)12-17-13(18-19-12)14(15)5-3-2-4-6-14/h7-9H,2-6,15H2,1H3. The summed E-state index contributed by atoms with van der Waals surface area (Å²) in [4.78, 5) is 8.61. The molecule has 2 aromatic rings. The molecule has 1 fully saturated rings. The fourth-order valence-electron chi connectivity index (χ4n) is 2.62. The van der Waals surface area contributed by atoms with Gasteiger partial charge < -0.3 is 10.3 Å². The van der Waals surface area contributed by atoms with Crippen molar-refractivity contribution < 1.29 is 4.52 Å². The Bertz CT molecular complexity index is 572. The van der Waals surface area contributed by atoms with Crippen LogP contribution in [-0.4, -0.2) is 15.1 Å². The Balaban J connectivity index is 1.91. The van der Waals surface area contributed by atoms with Crippen LogP contribution in [0.1, 0.15) is 43.5 Å². The maximum absolute atomic E-state index is 6.40. The molecule has 0 spiro atoms. The zero-order valence-electron chi connectivity index (χ0n) is 11.1. The van der Waals surface area contributed by atoms with Crippen LogP contribution < -0.4 is 5.73 Å². The Morgan fingerprint density at radius 1 is 1.21 bits per heavy atom. The average molecular weight is 258 g/mol. The third kappa shape index (κ3) is 2.38. The number of hydrogen-bond donors (Lipinski definition) is 1. The van der Waals surface area contributed by atoms with Crippen LogP contribution in [0.3, 0.4) is 0 Å². The molecule has 2 aromatic heterocycles. The number of pyridine rings is 1. The van der Waals surface area contributed by atoms with Gasteiger partial charge in [0, 0.05) is 12.4 Å². The van der Waals surface area contributed by atoms with Crippen LogP contribution in [0.15, 0.2) is 23.0 Å². The molecule has 1 aliphatic rings. The lowest BCUT2D eigenvalue weighted by molar-refractivity contribution is 0.275. The summed E-state index contributed by atoms with van der Waals surface area (Å²) in [5, 5.41) is 4.08. The van der Waals surface area contributed by atoms with Crippen molar-refractivity contribution in [3.05, 3.63) is 29.8 Å². The van der Waals surface area contributed by atoms with E-state index in [-0.39, 0.29) is 0 Å². The monoisotopic (exact) mass is 258 g/mol. The van der Waals surface area contributed by atoms with E-state index in [2.05, 4.69) is 15.1 Å². The zero-order valence-corrected chi connectivity index (χ0v) is 11.1. The minimum Gasteiger partial charge on any atom is -0.334 e. The molecule has 0 atom stereocenters. The van der Waals surface area contributed by atoms with Crippen molar-refractivity contribution in [1.29, 1.82) is 0 Å². The summed E-state index contributed by atoms with van der Waals surface area (Å²) in [6.45, 7) is 1.99. The number of hydrogen-bond acceptors (Lipinski definition) is 5. The fourth-order valence-corrected chi connectivity index (χ4v) is 2.62. The highest BCUT2D eigenvalue weighted by atomic mass is 16.5. The molecule has 2 heterocycles. The second kappa shape index (κ2) is 4.74. The molecule has 1 saturated carbocycles. The molecular formula is C14H18N4O. The van der Waals surface area contributed by atoms with Crippen LogP contribution in [0.25, 0.3) is 11.5 Å². The first-order valence-electron chi connectivity index (χ1n) is 6.72. The van der Waals surface area contributed by atoms with Gasteiger partial charge in [-0.3, -0.25) is 4.98 Å². The Labute approximate surface area is 112 Å². The van der Waals surface area contributed by atoms with Crippen molar-refractivity contribution in [3.63, 3.8) is 0 Å². The number of nitrogens with zero attached hydrogens (tertiary/aromatic N) is 3. The van der Waals surface area contributed by atoms with Gasteiger partial charge in [-0.15, -0.1) is 0 Å². The van der Waals surface area contributed by atoms with Crippen molar-refractivity contribution in [3.8, 4) is 11.5 Å². The molecule has 100 valence electrons. The lowest BCUT2D eigenvalue weighted by Gasteiger charge is -2.29. The molecule has 5 heteroatoms. The quantitative estimate of drug-likeness (QED) is 0.895. The fraction of sp³-hybridized carbons (Fsp3) is 0.500. The summed E-state index contributed by atoms with van der Waals surface area (Å²) >= 11 is 0. The van der Waals surface area contributed by atoms with Gasteiger partial charge in [0.1, 0.15) is 0 Å². The van der Waals surface area contributed by atoms with E-state index in [9.17, 15) is 0 Å².